The Balaban J connectivity index is 4.39. The molecule has 60 heavy (non-hydrogen) atoms. The Hall–Kier alpha value is -2.15. The zero-order valence-electron chi connectivity index (χ0n) is 37.5. The van der Waals surface area contributed by atoms with Gasteiger partial charge in [0.2, 0.25) is 0 Å². The van der Waals surface area contributed by atoms with E-state index in [2.05, 4.69) is 13.8 Å². The number of hydrogen-bond acceptors (Lipinski definition) is 11. The zero-order chi connectivity index (χ0) is 44.4. The van der Waals surface area contributed by atoms with Gasteiger partial charge in [-0.25, -0.2) is 4.57 Å². The Kier molecular flexibility index (Phi) is 40.7. The fourth-order valence-corrected chi connectivity index (χ4v) is 7.20. The van der Waals surface area contributed by atoms with Crippen LogP contribution < -0.4 is 5.73 Å². The van der Waals surface area contributed by atoms with E-state index in [1.807, 2.05) is 0 Å². The van der Waals surface area contributed by atoms with E-state index in [0.717, 1.165) is 44.9 Å². The summed E-state index contributed by atoms with van der Waals surface area (Å²) in [5, 5.41) is 30.5. The van der Waals surface area contributed by atoms with Gasteiger partial charge in [0.15, 0.2) is 6.10 Å². The topological polar surface area (TPSA) is 195 Å². The van der Waals surface area contributed by atoms with Crippen LogP contribution in [0, 0.1) is 0 Å². The standard InChI is InChI=1S/C47H86NO11P/c1-3-5-7-8-9-10-11-12-13-14-15-16-17-18-19-20-21-26-30-36-46(52)56-40-43(41-58-60(54,55)57-39-38-48)59-47(53)37-31-35-45(51)44(50)34-29-25-23-22-24-28-33-42(49)32-27-6-4-2/h22-25,28-29,33-34,42-45,49-51H,3-21,26-27,30-32,35-41,48H2,1-2H3,(H,54,55)/b24-22-,25-23+,33-28+,34-29+/t42-,43+,44-,45-/m0/s1. The molecule has 0 saturated carbocycles. The molecule has 0 aromatic heterocycles. The van der Waals surface area contributed by atoms with Crippen LogP contribution in [-0.2, 0) is 32.7 Å². The molecule has 0 saturated heterocycles. The van der Waals surface area contributed by atoms with Crippen LogP contribution in [0.3, 0.4) is 0 Å². The molecule has 0 heterocycles. The largest absolute Gasteiger partial charge is 0.472 e. The number of carbonyl (C=O) groups excluding carboxylic acids is 2. The molecule has 0 radical (unpaired) electrons. The summed E-state index contributed by atoms with van der Waals surface area (Å²) in [6.45, 7) is 3.24. The van der Waals surface area contributed by atoms with Crippen molar-refractivity contribution in [3.8, 4) is 0 Å². The van der Waals surface area contributed by atoms with Crippen LogP contribution in [0.1, 0.15) is 187 Å². The first-order valence-electron chi connectivity index (χ1n) is 23.4. The van der Waals surface area contributed by atoms with Gasteiger partial charge in [0.05, 0.1) is 31.5 Å². The third kappa shape index (κ3) is 40.0. The van der Waals surface area contributed by atoms with Gasteiger partial charge >= 0.3 is 19.8 Å². The van der Waals surface area contributed by atoms with E-state index in [4.69, 9.17) is 24.3 Å². The molecule has 12 nitrogen and oxygen atoms in total. The first kappa shape index (κ1) is 57.9. The Morgan fingerprint density at radius 3 is 1.57 bits per heavy atom. The normalized spacial score (nSPS) is 15.2. The van der Waals surface area contributed by atoms with Gasteiger partial charge in [-0.3, -0.25) is 18.6 Å². The molecule has 0 bridgehead atoms. The first-order chi connectivity index (χ1) is 29.0. The number of unbranched alkanes of at least 4 members (excludes halogenated alkanes) is 20. The molecule has 1 unspecified atom stereocenters. The van der Waals surface area contributed by atoms with E-state index in [0.29, 0.717) is 6.42 Å². The minimum absolute atomic E-state index is 0.00257. The van der Waals surface area contributed by atoms with Gasteiger partial charge in [-0.05, 0) is 25.7 Å². The quantitative estimate of drug-likeness (QED) is 0.0169. The van der Waals surface area contributed by atoms with Crippen LogP contribution in [0.2, 0.25) is 0 Å². The SMILES string of the molecule is CCCCCCCCCCCCCCCCCCCCCC(=O)OC[C@H](COP(=O)(O)OCCN)OC(=O)CCC[C@H](O)[C@@H](O)/C=C/C=C/C=C\C=C\[C@@H](O)CCCCC. The van der Waals surface area contributed by atoms with E-state index < -0.39 is 50.8 Å². The van der Waals surface area contributed by atoms with Gasteiger partial charge < -0.3 is 35.4 Å². The van der Waals surface area contributed by atoms with Gasteiger partial charge in [0.25, 0.3) is 0 Å². The summed E-state index contributed by atoms with van der Waals surface area (Å²) in [5.74, 6) is -1.15. The second kappa shape index (κ2) is 42.2. The van der Waals surface area contributed by atoms with Crippen LogP contribution in [0.5, 0.6) is 0 Å². The van der Waals surface area contributed by atoms with E-state index in [-0.39, 0.29) is 45.4 Å². The molecule has 0 aromatic carbocycles. The molecular formula is C47H86NO11P. The minimum Gasteiger partial charge on any atom is -0.462 e. The van der Waals surface area contributed by atoms with Crippen molar-refractivity contribution in [1.29, 1.82) is 0 Å². The van der Waals surface area contributed by atoms with Gasteiger partial charge in [0, 0.05) is 19.4 Å². The first-order valence-corrected chi connectivity index (χ1v) is 24.9. The van der Waals surface area contributed by atoms with Crippen molar-refractivity contribution >= 4 is 19.8 Å². The van der Waals surface area contributed by atoms with E-state index in [1.165, 1.54) is 102 Å². The molecule has 13 heteroatoms. The van der Waals surface area contributed by atoms with Crippen LogP contribution >= 0.6 is 7.82 Å². The van der Waals surface area contributed by atoms with Crippen LogP contribution in [0.15, 0.2) is 48.6 Å². The lowest BCUT2D eigenvalue weighted by Crippen LogP contribution is -2.30. The molecule has 0 amide bonds. The summed E-state index contributed by atoms with van der Waals surface area (Å²) in [6, 6.07) is 0. The predicted molar refractivity (Wildman–Crippen MR) is 242 cm³/mol. The Morgan fingerprint density at radius 1 is 0.567 bits per heavy atom. The predicted octanol–water partition coefficient (Wildman–Crippen LogP) is 10.4. The molecule has 0 rings (SSSR count). The maximum Gasteiger partial charge on any atom is 0.472 e. The lowest BCUT2D eigenvalue weighted by Gasteiger charge is -2.20. The molecule has 6 N–H and O–H groups in total. The van der Waals surface area contributed by atoms with Crippen molar-refractivity contribution in [3.63, 3.8) is 0 Å². The van der Waals surface area contributed by atoms with E-state index in [9.17, 15) is 34.4 Å². The third-order valence-electron chi connectivity index (χ3n) is 10.1. The molecule has 0 spiro atoms. The third-order valence-corrected chi connectivity index (χ3v) is 11.1. The number of phosphoric acid groups is 1. The van der Waals surface area contributed by atoms with Crippen molar-refractivity contribution in [1.82, 2.24) is 0 Å². The van der Waals surface area contributed by atoms with Crippen molar-refractivity contribution in [2.45, 2.75) is 212 Å². The summed E-state index contributed by atoms with van der Waals surface area (Å²) in [4.78, 5) is 35.0. The maximum absolute atomic E-state index is 12.6. The van der Waals surface area contributed by atoms with Gasteiger partial charge in [-0.2, -0.15) is 0 Å². The number of aliphatic hydroxyl groups is 3. The van der Waals surface area contributed by atoms with E-state index >= 15 is 0 Å². The number of allylic oxidation sites excluding steroid dienone is 6. The highest BCUT2D eigenvalue weighted by atomic mass is 31.2. The van der Waals surface area contributed by atoms with Crippen molar-refractivity contribution in [2.75, 3.05) is 26.4 Å². The zero-order valence-corrected chi connectivity index (χ0v) is 38.4. The Bertz CT molecular complexity index is 1180. The van der Waals surface area contributed by atoms with Gasteiger partial charge in [0.1, 0.15) is 6.61 Å². The molecule has 0 fully saturated rings. The highest BCUT2D eigenvalue weighted by molar-refractivity contribution is 7.47. The number of rotatable bonds is 43. The lowest BCUT2D eigenvalue weighted by atomic mass is 10.0. The molecule has 0 aliphatic carbocycles. The number of ether oxygens (including phenoxy) is 2. The molecule has 0 aliphatic heterocycles. The summed E-state index contributed by atoms with van der Waals surface area (Å²) >= 11 is 0. The molecule has 350 valence electrons. The fourth-order valence-electron chi connectivity index (χ4n) is 6.43. The number of phosphoric ester groups is 1. The maximum atomic E-state index is 12.6. The smallest absolute Gasteiger partial charge is 0.462 e. The number of aliphatic hydroxyl groups excluding tert-OH is 3. The fraction of sp³-hybridized carbons (Fsp3) is 0.787. The number of hydrogen-bond donors (Lipinski definition) is 5. The summed E-state index contributed by atoms with van der Waals surface area (Å²) < 4.78 is 32.6. The number of esters is 2. The number of nitrogens with two attached hydrogens (primary N) is 1. The lowest BCUT2D eigenvalue weighted by molar-refractivity contribution is -0.161. The highest BCUT2D eigenvalue weighted by Gasteiger charge is 2.26. The Labute approximate surface area is 364 Å². The van der Waals surface area contributed by atoms with Crippen molar-refractivity contribution in [3.05, 3.63) is 48.6 Å². The summed E-state index contributed by atoms with van der Waals surface area (Å²) in [7, 11) is -4.48. The summed E-state index contributed by atoms with van der Waals surface area (Å²) in [6.07, 6.45) is 37.9. The van der Waals surface area contributed by atoms with Gasteiger partial charge in [-0.15, -0.1) is 0 Å². The second-order valence-corrected chi connectivity index (χ2v) is 17.3. The van der Waals surface area contributed by atoms with Gasteiger partial charge in [-0.1, -0.05) is 197 Å². The second-order valence-electron chi connectivity index (χ2n) is 15.8. The average Bonchev–Trinajstić information content (AvgIpc) is 3.22. The monoisotopic (exact) mass is 872 g/mol. The van der Waals surface area contributed by atoms with E-state index in [1.54, 1.807) is 42.5 Å². The molecule has 0 aromatic rings. The summed E-state index contributed by atoms with van der Waals surface area (Å²) in [5.41, 5.74) is 5.33. The van der Waals surface area contributed by atoms with Crippen LogP contribution in [0.25, 0.3) is 0 Å². The molecular weight excluding hydrogens is 785 g/mol. The average molecular weight is 872 g/mol. The highest BCUT2D eigenvalue weighted by Crippen LogP contribution is 2.43. The van der Waals surface area contributed by atoms with Crippen molar-refractivity contribution in [2.24, 2.45) is 5.73 Å². The van der Waals surface area contributed by atoms with Crippen molar-refractivity contribution < 1.29 is 52.9 Å². The molecule has 0 aliphatic rings. The molecule has 5 atom stereocenters. The van der Waals surface area contributed by atoms with Crippen LogP contribution in [0.4, 0.5) is 0 Å². The Morgan fingerprint density at radius 2 is 1.03 bits per heavy atom. The van der Waals surface area contributed by atoms with Crippen LogP contribution in [-0.4, -0.2) is 82.9 Å². The number of carbonyl (C=O) groups is 2. The minimum atomic E-state index is -4.48.